The summed E-state index contributed by atoms with van der Waals surface area (Å²) in [6.07, 6.45) is 6.38. The maximum absolute atomic E-state index is 7.13. The van der Waals surface area contributed by atoms with Crippen LogP contribution in [0.15, 0.2) is 164 Å². The van der Waals surface area contributed by atoms with Gasteiger partial charge in [0.1, 0.15) is 17.3 Å². The van der Waals surface area contributed by atoms with Gasteiger partial charge in [0.05, 0.1) is 17.7 Å². The van der Waals surface area contributed by atoms with Crippen LogP contribution in [-0.4, -0.2) is 16.2 Å². The monoisotopic (exact) mass is 885 g/mol. The molecule has 0 atom stereocenters. The molecule has 0 amide bonds. The molecule has 342 valence electrons. The van der Waals surface area contributed by atoms with Crippen LogP contribution in [0.1, 0.15) is 129 Å². The number of pyridine rings is 1. The molecule has 0 radical (unpaired) electrons. The van der Waals surface area contributed by atoms with Crippen molar-refractivity contribution < 1.29 is 4.74 Å². The van der Waals surface area contributed by atoms with Crippen molar-refractivity contribution in [2.75, 3.05) is 16.5 Å². The Morgan fingerprint density at radius 2 is 0.955 bits per heavy atom. The Labute approximate surface area is 399 Å². The molecule has 0 unspecified atom stereocenters. The minimum absolute atomic E-state index is 0.0236. The Kier molecular flexibility index (Phi) is 11.3. The summed E-state index contributed by atoms with van der Waals surface area (Å²) in [7, 11) is 0. The van der Waals surface area contributed by atoms with Crippen molar-refractivity contribution in [2.45, 2.75) is 117 Å². The summed E-state index contributed by atoms with van der Waals surface area (Å²) in [6, 6.07) is 53.3. The SMILES string of the molecule is CC(C)(C)c1cc(Oc2cc(C(C)(C)C)c3c4ccccc4n(-c4cc(C(C)(C)C)ccn4)c3c2)cc(N2C=CN(c3cc(C(C)(C)c4ccccc4)cc(C(C)(C)c4ccccc4)c3)C2)c1. The van der Waals surface area contributed by atoms with E-state index in [4.69, 9.17) is 9.72 Å². The lowest BCUT2D eigenvalue weighted by atomic mass is 9.73. The van der Waals surface area contributed by atoms with Gasteiger partial charge in [-0.15, -0.1) is 0 Å². The zero-order valence-electron chi connectivity index (χ0n) is 42.0. The highest BCUT2D eigenvalue weighted by Crippen LogP contribution is 2.45. The Balaban J connectivity index is 1.12. The quantitative estimate of drug-likeness (QED) is 0.145. The fraction of sp³-hybridized carbons (Fsp3) is 0.306. The van der Waals surface area contributed by atoms with Crippen molar-refractivity contribution in [1.82, 2.24) is 9.55 Å². The Morgan fingerprint density at radius 1 is 0.433 bits per heavy atom. The number of fused-ring (bicyclic) bond motifs is 3. The van der Waals surface area contributed by atoms with Gasteiger partial charge in [-0.25, -0.2) is 4.98 Å². The summed E-state index contributed by atoms with van der Waals surface area (Å²) < 4.78 is 9.45. The van der Waals surface area contributed by atoms with Crippen LogP contribution in [0.2, 0.25) is 0 Å². The molecule has 0 saturated heterocycles. The Morgan fingerprint density at radius 3 is 1.52 bits per heavy atom. The van der Waals surface area contributed by atoms with Gasteiger partial charge >= 0.3 is 0 Å². The molecule has 3 heterocycles. The van der Waals surface area contributed by atoms with Crippen molar-refractivity contribution in [2.24, 2.45) is 0 Å². The molecule has 6 aromatic carbocycles. The smallest absolute Gasteiger partial charge is 0.137 e. The van der Waals surface area contributed by atoms with E-state index in [0.717, 1.165) is 34.0 Å². The van der Waals surface area contributed by atoms with Crippen molar-refractivity contribution in [3.63, 3.8) is 0 Å². The average Bonchev–Trinajstić information content (AvgIpc) is 3.92. The van der Waals surface area contributed by atoms with E-state index in [1.54, 1.807) is 0 Å². The summed E-state index contributed by atoms with van der Waals surface area (Å²) in [5.41, 5.74) is 12.6. The molecule has 1 aliphatic rings. The molecular formula is C62H68N4O. The minimum atomic E-state index is -0.216. The van der Waals surface area contributed by atoms with Gasteiger partial charge < -0.3 is 14.5 Å². The third-order valence-corrected chi connectivity index (χ3v) is 14.1. The molecule has 5 heteroatoms. The number of nitrogens with zero attached hydrogens (tertiary/aromatic N) is 4. The van der Waals surface area contributed by atoms with Gasteiger partial charge in [-0.05, 0) is 104 Å². The third-order valence-electron chi connectivity index (χ3n) is 14.1. The van der Waals surface area contributed by atoms with Crippen LogP contribution in [0.25, 0.3) is 27.6 Å². The number of hydrogen-bond donors (Lipinski definition) is 0. The second kappa shape index (κ2) is 16.6. The van der Waals surface area contributed by atoms with Gasteiger partial charge in [-0.2, -0.15) is 0 Å². The van der Waals surface area contributed by atoms with Crippen molar-refractivity contribution in [3.05, 3.63) is 203 Å². The first-order valence-electron chi connectivity index (χ1n) is 24.0. The van der Waals surface area contributed by atoms with Gasteiger partial charge in [0.25, 0.3) is 0 Å². The highest BCUT2D eigenvalue weighted by molar-refractivity contribution is 6.11. The Hall–Kier alpha value is -6.59. The van der Waals surface area contributed by atoms with E-state index in [0.29, 0.717) is 6.67 Å². The fourth-order valence-corrected chi connectivity index (χ4v) is 9.65. The lowest BCUT2D eigenvalue weighted by molar-refractivity contribution is 0.476. The van der Waals surface area contributed by atoms with Crippen LogP contribution in [0, 0.1) is 0 Å². The van der Waals surface area contributed by atoms with Gasteiger partial charge in [-0.1, -0.05) is 175 Å². The zero-order valence-corrected chi connectivity index (χ0v) is 42.0. The number of rotatable bonds is 9. The van der Waals surface area contributed by atoms with Crippen LogP contribution in [0.4, 0.5) is 11.4 Å². The van der Waals surface area contributed by atoms with Crippen molar-refractivity contribution >= 4 is 33.2 Å². The van der Waals surface area contributed by atoms with Gasteiger partial charge in [-0.3, -0.25) is 4.57 Å². The second-order valence-electron chi connectivity index (χ2n) is 22.8. The first-order valence-corrected chi connectivity index (χ1v) is 24.0. The minimum Gasteiger partial charge on any atom is -0.457 e. The summed E-state index contributed by atoms with van der Waals surface area (Å²) >= 11 is 0. The standard InChI is InChI=1S/C62H68N4O/c1-58(2,3)44-28-29-63-56(37-44)66-54-27-21-20-26-52(54)57-53(60(7,8)9)39-51(40-55(57)66)67-50-36-45(59(4,5)6)33-49(38-50)65-31-30-64(41-65)48-34-46(61(10,11)42-22-16-14-17-23-42)32-47(35-48)62(12,13)43-24-18-15-19-25-43/h14-40H,41H2,1-13H3. The summed E-state index contributed by atoms with van der Waals surface area (Å²) in [6.45, 7) is 30.5. The van der Waals surface area contributed by atoms with Crippen molar-refractivity contribution in [3.8, 4) is 17.3 Å². The van der Waals surface area contributed by atoms with E-state index in [-0.39, 0.29) is 27.1 Å². The molecule has 5 nitrogen and oxygen atoms in total. The first-order chi connectivity index (χ1) is 31.6. The highest BCUT2D eigenvalue weighted by Gasteiger charge is 2.31. The van der Waals surface area contributed by atoms with E-state index < -0.39 is 0 Å². The topological polar surface area (TPSA) is 33.5 Å². The van der Waals surface area contributed by atoms with E-state index in [1.165, 1.54) is 55.4 Å². The molecule has 0 N–H and O–H groups in total. The summed E-state index contributed by atoms with van der Waals surface area (Å²) in [5.74, 6) is 2.51. The second-order valence-corrected chi connectivity index (χ2v) is 22.8. The number of hydrogen-bond acceptors (Lipinski definition) is 4. The zero-order chi connectivity index (χ0) is 47.7. The fourth-order valence-electron chi connectivity index (χ4n) is 9.65. The van der Waals surface area contributed by atoms with Crippen LogP contribution in [0.5, 0.6) is 11.5 Å². The number of anilines is 2. The van der Waals surface area contributed by atoms with Crippen LogP contribution < -0.4 is 14.5 Å². The van der Waals surface area contributed by atoms with Gasteiger partial charge in [0.15, 0.2) is 0 Å². The maximum atomic E-state index is 7.13. The molecule has 8 aromatic rings. The summed E-state index contributed by atoms with van der Waals surface area (Å²) in [5, 5.41) is 2.45. The molecule has 0 aliphatic carbocycles. The molecular weight excluding hydrogens is 817 g/mol. The largest absolute Gasteiger partial charge is 0.457 e. The predicted octanol–water partition coefficient (Wildman–Crippen LogP) is 16.3. The number of ether oxygens (including phenoxy) is 1. The highest BCUT2D eigenvalue weighted by atomic mass is 16.5. The molecule has 0 saturated carbocycles. The molecule has 0 spiro atoms. The van der Waals surface area contributed by atoms with Crippen molar-refractivity contribution in [1.29, 1.82) is 0 Å². The van der Waals surface area contributed by atoms with E-state index in [1.807, 2.05) is 6.20 Å². The third kappa shape index (κ3) is 8.77. The number of aromatic nitrogens is 2. The van der Waals surface area contributed by atoms with E-state index in [9.17, 15) is 0 Å². The van der Waals surface area contributed by atoms with Gasteiger partial charge in [0, 0.05) is 63.7 Å². The maximum Gasteiger partial charge on any atom is 0.137 e. The molecule has 0 bridgehead atoms. The first kappa shape index (κ1) is 45.6. The van der Waals surface area contributed by atoms with E-state index >= 15 is 0 Å². The lowest BCUT2D eigenvalue weighted by Gasteiger charge is -2.33. The normalized spacial score (nSPS) is 13.9. The molecule has 9 rings (SSSR count). The molecule has 67 heavy (non-hydrogen) atoms. The van der Waals surface area contributed by atoms with Gasteiger partial charge in [0.2, 0.25) is 0 Å². The average molecular weight is 885 g/mol. The predicted molar refractivity (Wildman–Crippen MR) is 284 cm³/mol. The molecule has 1 aliphatic heterocycles. The van der Waals surface area contributed by atoms with Crippen LogP contribution in [0.3, 0.4) is 0 Å². The number of para-hydroxylation sites is 1. The summed E-state index contributed by atoms with van der Waals surface area (Å²) in [4.78, 5) is 9.71. The molecule has 0 fully saturated rings. The Bertz CT molecular complexity index is 3060. The van der Waals surface area contributed by atoms with Crippen LogP contribution >= 0.6 is 0 Å². The number of benzene rings is 6. The lowest BCUT2D eigenvalue weighted by Crippen LogP contribution is -2.27. The van der Waals surface area contributed by atoms with Crippen LogP contribution in [-0.2, 0) is 27.1 Å². The molecule has 2 aromatic heterocycles. The van der Waals surface area contributed by atoms with E-state index in [2.05, 4.69) is 262 Å².